The van der Waals surface area contributed by atoms with Crippen LogP contribution >= 0.6 is 0 Å². The van der Waals surface area contributed by atoms with Crippen molar-refractivity contribution in [3.8, 4) is 5.75 Å². The molecule has 0 fully saturated rings. The van der Waals surface area contributed by atoms with Gasteiger partial charge in [0.05, 0.1) is 6.54 Å². The van der Waals surface area contributed by atoms with Crippen molar-refractivity contribution in [3.05, 3.63) is 35.9 Å². The highest BCUT2D eigenvalue weighted by Crippen LogP contribution is 2.15. The van der Waals surface area contributed by atoms with Crippen LogP contribution in [-0.2, 0) is 19.1 Å². The summed E-state index contributed by atoms with van der Waals surface area (Å²) in [5.74, 6) is -1.52. The number of alkyl halides is 2. The number of amides is 2. The summed E-state index contributed by atoms with van der Waals surface area (Å²) in [5.41, 5.74) is 0.561. The van der Waals surface area contributed by atoms with Gasteiger partial charge < -0.3 is 19.7 Å². The van der Waals surface area contributed by atoms with Gasteiger partial charge in [-0.2, -0.15) is 8.78 Å². The number of halogens is 2. The van der Waals surface area contributed by atoms with E-state index in [-0.39, 0.29) is 18.2 Å². The Balaban J connectivity index is 2.47. The van der Waals surface area contributed by atoms with E-state index < -0.39 is 25.1 Å². The van der Waals surface area contributed by atoms with Crippen molar-refractivity contribution < 1.29 is 32.6 Å². The zero-order chi connectivity index (χ0) is 20.2. The van der Waals surface area contributed by atoms with E-state index >= 15 is 0 Å². The van der Waals surface area contributed by atoms with Crippen molar-refractivity contribution >= 4 is 23.9 Å². The largest absolute Gasteiger partial charge is 0.452 e. The maximum atomic E-state index is 12.1. The molecule has 1 N–H and O–H groups in total. The standard InChI is InChI=1S/C18H22F2N2O5/c1-3-21-15(23)11-22(4-2)16(24)12-26-17(25)10-7-13-5-8-14(9-6-13)27-18(19)20/h5-10,18H,3-4,11-12H2,1-2H3,(H,21,23)/b10-7+. The van der Waals surface area contributed by atoms with E-state index in [0.717, 1.165) is 6.08 Å². The zero-order valence-electron chi connectivity index (χ0n) is 15.1. The van der Waals surface area contributed by atoms with Crippen molar-refractivity contribution in [1.29, 1.82) is 0 Å². The van der Waals surface area contributed by atoms with Crippen molar-refractivity contribution in [1.82, 2.24) is 10.2 Å². The van der Waals surface area contributed by atoms with Crippen LogP contribution in [0.1, 0.15) is 19.4 Å². The molecule has 0 aliphatic carbocycles. The number of hydrogen-bond donors (Lipinski definition) is 1. The van der Waals surface area contributed by atoms with Gasteiger partial charge in [-0.25, -0.2) is 4.79 Å². The fourth-order valence-electron chi connectivity index (χ4n) is 2.00. The highest BCUT2D eigenvalue weighted by Gasteiger charge is 2.16. The van der Waals surface area contributed by atoms with Crippen LogP contribution in [0.3, 0.4) is 0 Å². The summed E-state index contributed by atoms with van der Waals surface area (Å²) in [5, 5.41) is 2.58. The number of carbonyl (C=O) groups excluding carboxylic acids is 3. The molecule has 1 rings (SSSR count). The molecule has 1 aromatic rings. The van der Waals surface area contributed by atoms with Crippen molar-refractivity contribution in [2.75, 3.05) is 26.2 Å². The second-order valence-corrected chi connectivity index (χ2v) is 5.25. The number of ether oxygens (including phenoxy) is 2. The van der Waals surface area contributed by atoms with E-state index in [2.05, 4.69) is 10.1 Å². The Morgan fingerprint density at radius 3 is 2.41 bits per heavy atom. The minimum atomic E-state index is -2.91. The van der Waals surface area contributed by atoms with Crippen LogP contribution in [0.5, 0.6) is 5.75 Å². The summed E-state index contributed by atoms with van der Waals surface area (Å²) in [7, 11) is 0. The molecule has 0 saturated heterocycles. The summed E-state index contributed by atoms with van der Waals surface area (Å²) in [4.78, 5) is 36.5. The second-order valence-electron chi connectivity index (χ2n) is 5.25. The van der Waals surface area contributed by atoms with Gasteiger partial charge in [-0.05, 0) is 37.6 Å². The van der Waals surface area contributed by atoms with Gasteiger partial charge in [0.2, 0.25) is 5.91 Å². The second kappa shape index (κ2) is 11.6. The minimum Gasteiger partial charge on any atom is -0.452 e. The molecule has 1 aromatic carbocycles. The van der Waals surface area contributed by atoms with Gasteiger partial charge in [0.15, 0.2) is 6.61 Å². The molecule has 148 valence electrons. The molecule has 0 spiro atoms. The summed E-state index contributed by atoms with van der Waals surface area (Å²) in [6.07, 6.45) is 2.52. The van der Waals surface area contributed by atoms with Crippen molar-refractivity contribution in [2.24, 2.45) is 0 Å². The molecule has 7 nitrogen and oxygen atoms in total. The van der Waals surface area contributed by atoms with Crippen LogP contribution in [0.2, 0.25) is 0 Å². The van der Waals surface area contributed by atoms with Gasteiger partial charge in [-0.15, -0.1) is 0 Å². The number of esters is 1. The summed E-state index contributed by atoms with van der Waals surface area (Å²) in [6.45, 7) is 0.732. The lowest BCUT2D eigenvalue weighted by Crippen LogP contribution is -2.42. The maximum Gasteiger partial charge on any atom is 0.387 e. The van der Waals surface area contributed by atoms with Crippen LogP contribution in [0, 0.1) is 0 Å². The molecule has 27 heavy (non-hydrogen) atoms. The molecule has 0 heterocycles. The first kappa shape index (κ1) is 22.1. The van der Waals surface area contributed by atoms with E-state index in [1.807, 2.05) is 0 Å². The fourth-order valence-corrected chi connectivity index (χ4v) is 2.00. The lowest BCUT2D eigenvalue weighted by molar-refractivity contribution is -0.148. The predicted molar refractivity (Wildman–Crippen MR) is 94.0 cm³/mol. The van der Waals surface area contributed by atoms with E-state index in [1.54, 1.807) is 13.8 Å². The molecule has 0 atom stereocenters. The molecular formula is C18H22F2N2O5. The lowest BCUT2D eigenvalue weighted by Gasteiger charge is -2.19. The molecule has 0 saturated carbocycles. The van der Waals surface area contributed by atoms with Gasteiger partial charge in [-0.3, -0.25) is 9.59 Å². The van der Waals surface area contributed by atoms with Crippen LogP contribution in [-0.4, -0.2) is 55.5 Å². The number of rotatable bonds is 10. The summed E-state index contributed by atoms with van der Waals surface area (Å²) in [6, 6.07) is 5.64. The minimum absolute atomic E-state index is 0.00194. The highest BCUT2D eigenvalue weighted by atomic mass is 19.3. The molecule has 0 aromatic heterocycles. The summed E-state index contributed by atoms with van der Waals surface area (Å²) >= 11 is 0. The number of nitrogens with zero attached hydrogens (tertiary/aromatic N) is 1. The Bertz CT molecular complexity index is 662. The van der Waals surface area contributed by atoms with Gasteiger partial charge in [0.25, 0.3) is 5.91 Å². The van der Waals surface area contributed by atoms with Gasteiger partial charge in [0.1, 0.15) is 5.75 Å². The number of benzene rings is 1. The Morgan fingerprint density at radius 2 is 1.85 bits per heavy atom. The van der Waals surface area contributed by atoms with E-state index in [4.69, 9.17) is 4.74 Å². The quantitative estimate of drug-likeness (QED) is 0.491. The van der Waals surface area contributed by atoms with Crippen LogP contribution < -0.4 is 10.1 Å². The van der Waals surface area contributed by atoms with Gasteiger partial charge >= 0.3 is 12.6 Å². The van der Waals surface area contributed by atoms with Crippen molar-refractivity contribution in [2.45, 2.75) is 20.5 Å². The third-order valence-corrected chi connectivity index (χ3v) is 3.30. The molecule has 0 aliphatic rings. The average molecular weight is 384 g/mol. The van der Waals surface area contributed by atoms with Gasteiger partial charge in [-0.1, -0.05) is 12.1 Å². The highest BCUT2D eigenvalue weighted by molar-refractivity contribution is 5.90. The molecular weight excluding hydrogens is 362 g/mol. The third kappa shape index (κ3) is 8.80. The topological polar surface area (TPSA) is 84.9 Å². The normalized spacial score (nSPS) is 10.7. The van der Waals surface area contributed by atoms with Crippen LogP contribution in [0.15, 0.2) is 30.3 Å². The number of likely N-dealkylation sites (N-methyl/N-ethyl adjacent to an activating group) is 2. The fraction of sp³-hybridized carbons (Fsp3) is 0.389. The predicted octanol–water partition coefficient (Wildman–Crippen LogP) is 1.83. The Hall–Kier alpha value is -2.97. The molecule has 0 unspecified atom stereocenters. The first-order valence-electron chi connectivity index (χ1n) is 8.29. The molecule has 0 bridgehead atoms. The van der Waals surface area contributed by atoms with Crippen LogP contribution in [0.4, 0.5) is 8.78 Å². The van der Waals surface area contributed by atoms with Crippen molar-refractivity contribution in [3.63, 3.8) is 0 Å². The first-order valence-corrected chi connectivity index (χ1v) is 8.29. The molecule has 9 heteroatoms. The average Bonchev–Trinajstić information content (AvgIpc) is 2.63. The zero-order valence-corrected chi connectivity index (χ0v) is 15.1. The molecule has 2 amide bonds. The Labute approximate surface area is 155 Å². The molecule has 0 aliphatic heterocycles. The number of nitrogens with one attached hydrogen (secondary N) is 1. The Kier molecular flexibility index (Phi) is 9.49. The number of hydrogen-bond acceptors (Lipinski definition) is 5. The van der Waals surface area contributed by atoms with E-state index in [0.29, 0.717) is 18.7 Å². The van der Waals surface area contributed by atoms with E-state index in [9.17, 15) is 23.2 Å². The first-order chi connectivity index (χ1) is 12.8. The monoisotopic (exact) mass is 384 g/mol. The number of carbonyl (C=O) groups is 3. The van der Waals surface area contributed by atoms with E-state index in [1.165, 1.54) is 35.2 Å². The smallest absolute Gasteiger partial charge is 0.387 e. The molecule has 0 radical (unpaired) electrons. The maximum absolute atomic E-state index is 12.1. The van der Waals surface area contributed by atoms with Crippen LogP contribution in [0.25, 0.3) is 6.08 Å². The summed E-state index contributed by atoms with van der Waals surface area (Å²) < 4.78 is 33.2. The lowest BCUT2D eigenvalue weighted by atomic mass is 10.2. The van der Waals surface area contributed by atoms with Gasteiger partial charge in [0, 0.05) is 19.2 Å². The SMILES string of the molecule is CCNC(=O)CN(CC)C(=O)COC(=O)/C=C/c1ccc(OC(F)F)cc1. The third-order valence-electron chi connectivity index (χ3n) is 3.30. The Morgan fingerprint density at radius 1 is 1.19 bits per heavy atom.